The summed E-state index contributed by atoms with van der Waals surface area (Å²) in [5.41, 5.74) is 5.22. The third-order valence-electron chi connectivity index (χ3n) is 6.55. The summed E-state index contributed by atoms with van der Waals surface area (Å²) in [5, 5.41) is 2.94. The van der Waals surface area contributed by atoms with E-state index in [-0.39, 0.29) is 15.8 Å². The molecule has 0 radical (unpaired) electrons. The molecule has 4 aromatic carbocycles. The van der Waals surface area contributed by atoms with Crippen LogP contribution in [0.5, 0.6) is 11.5 Å². The largest absolute Gasteiger partial charge is 0.496 e. The summed E-state index contributed by atoms with van der Waals surface area (Å²) in [6.45, 7) is 4.33. The fourth-order valence-electron chi connectivity index (χ4n) is 4.43. The van der Waals surface area contributed by atoms with Crippen molar-refractivity contribution in [2.45, 2.75) is 26.2 Å². The third kappa shape index (κ3) is 6.97. The minimum atomic E-state index is -0.376. The standard InChI is InChI=1S/C32H36O2P2/c1-25-13-17-29(18-14-25)35(23-27-9-5-7-11-31(27)33-3)21-22-36(30-19-15-26(2)16-20-30)24-28-10-6-8-12-32(28)34-4/h5-20H,21-24H2,1-4H3. The molecule has 0 aliphatic carbocycles. The maximum Gasteiger partial charge on any atom is 0.122 e. The first-order chi connectivity index (χ1) is 17.6. The highest BCUT2D eigenvalue weighted by molar-refractivity contribution is 7.68. The van der Waals surface area contributed by atoms with Crippen LogP contribution in [0.15, 0.2) is 97.1 Å². The number of ether oxygens (including phenoxy) is 2. The first kappa shape index (κ1) is 26.4. The first-order valence-corrected chi connectivity index (χ1v) is 15.9. The molecule has 4 rings (SSSR count). The number of hydrogen-bond donors (Lipinski definition) is 0. The Balaban J connectivity index is 1.62. The van der Waals surface area contributed by atoms with Crippen LogP contribution in [0.3, 0.4) is 0 Å². The zero-order valence-electron chi connectivity index (χ0n) is 21.8. The van der Waals surface area contributed by atoms with E-state index in [4.69, 9.17) is 9.47 Å². The Morgan fingerprint density at radius 2 is 0.861 bits per heavy atom. The van der Waals surface area contributed by atoms with Crippen molar-refractivity contribution < 1.29 is 9.47 Å². The zero-order chi connectivity index (χ0) is 25.3. The fraction of sp³-hybridized carbons (Fsp3) is 0.250. The van der Waals surface area contributed by atoms with Gasteiger partial charge in [0.1, 0.15) is 11.5 Å². The molecular weight excluding hydrogens is 478 g/mol. The number of hydrogen-bond acceptors (Lipinski definition) is 2. The van der Waals surface area contributed by atoms with Crippen molar-refractivity contribution in [3.05, 3.63) is 119 Å². The number of methoxy groups -OCH3 is 2. The van der Waals surface area contributed by atoms with Gasteiger partial charge in [0.05, 0.1) is 14.2 Å². The van der Waals surface area contributed by atoms with Crippen LogP contribution in [0.1, 0.15) is 22.3 Å². The molecule has 0 aliphatic heterocycles. The van der Waals surface area contributed by atoms with Gasteiger partial charge >= 0.3 is 0 Å². The molecule has 0 N–H and O–H groups in total. The van der Waals surface area contributed by atoms with Crippen LogP contribution in [0.2, 0.25) is 0 Å². The molecule has 4 aromatic rings. The summed E-state index contributed by atoms with van der Waals surface area (Å²) in [6.07, 6.45) is 4.44. The van der Waals surface area contributed by atoms with Crippen molar-refractivity contribution >= 4 is 26.5 Å². The van der Waals surface area contributed by atoms with Gasteiger partial charge in [-0.05, 0) is 60.0 Å². The van der Waals surface area contributed by atoms with Crippen LogP contribution in [0.4, 0.5) is 0 Å². The van der Waals surface area contributed by atoms with E-state index in [0.717, 1.165) is 23.8 Å². The van der Waals surface area contributed by atoms with Crippen LogP contribution in [0, 0.1) is 13.8 Å². The van der Waals surface area contributed by atoms with Crippen LogP contribution >= 0.6 is 15.8 Å². The van der Waals surface area contributed by atoms with Gasteiger partial charge in [0.2, 0.25) is 0 Å². The van der Waals surface area contributed by atoms with E-state index in [1.165, 1.54) is 45.2 Å². The molecule has 4 heteroatoms. The van der Waals surface area contributed by atoms with Crippen molar-refractivity contribution in [1.82, 2.24) is 0 Å². The summed E-state index contributed by atoms with van der Waals surface area (Å²) in [7, 11) is 2.80. The molecule has 0 saturated heterocycles. The summed E-state index contributed by atoms with van der Waals surface area (Å²) in [4.78, 5) is 0. The average Bonchev–Trinajstić information content (AvgIpc) is 2.91. The van der Waals surface area contributed by atoms with Gasteiger partial charge in [-0.15, -0.1) is 0 Å². The van der Waals surface area contributed by atoms with E-state index in [2.05, 4.69) is 111 Å². The minimum absolute atomic E-state index is 0.376. The second-order valence-corrected chi connectivity index (χ2v) is 13.9. The molecule has 0 amide bonds. The number of aryl methyl sites for hydroxylation is 2. The lowest BCUT2D eigenvalue weighted by Crippen LogP contribution is -2.12. The summed E-state index contributed by atoms with van der Waals surface area (Å²) >= 11 is 0. The van der Waals surface area contributed by atoms with Crippen LogP contribution in [-0.4, -0.2) is 26.5 Å². The van der Waals surface area contributed by atoms with Crippen molar-refractivity contribution in [2.75, 3.05) is 26.5 Å². The van der Waals surface area contributed by atoms with Crippen molar-refractivity contribution in [1.29, 1.82) is 0 Å². The Morgan fingerprint density at radius 1 is 0.500 bits per heavy atom. The molecule has 0 saturated carbocycles. The first-order valence-electron chi connectivity index (χ1n) is 12.4. The average molecular weight is 515 g/mol. The second kappa shape index (κ2) is 13.0. The van der Waals surface area contributed by atoms with E-state index in [0.29, 0.717) is 0 Å². The van der Waals surface area contributed by atoms with Crippen molar-refractivity contribution in [3.8, 4) is 11.5 Å². The minimum Gasteiger partial charge on any atom is -0.496 e. The molecule has 2 unspecified atom stereocenters. The smallest absolute Gasteiger partial charge is 0.122 e. The van der Waals surface area contributed by atoms with E-state index in [1.807, 2.05) is 0 Å². The molecule has 0 bridgehead atoms. The van der Waals surface area contributed by atoms with Crippen LogP contribution < -0.4 is 20.1 Å². The fourth-order valence-corrected chi connectivity index (χ4v) is 10.0. The monoisotopic (exact) mass is 514 g/mol. The van der Waals surface area contributed by atoms with Gasteiger partial charge in [0.25, 0.3) is 0 Å². The molecule has 2 nitrogen and oxygen atoms in total. The van der Waals surface area contributed by atoms with Gasteiger partial charge in [-0.3, -0.25) is 0 Å². The predicted molar refractivity (Wildman–Crippen MR) is 159 cm³/mol. The van der Waals surface area contributed by atoms with Crippen molar-refractivity contribution in [3.63, 3.8) is 0 Å². The topological polar surface area (TPSA) is 18.5 Å². The molecule has 0 aliphatic rings. The lowest BCUT2D eigenvalue weighted by atomic mass is 10.2. The Bertz CT molecular complexity index is 1140. The van der Waals surface area contributed by atoms with Gasteiger partial charge in [-0.2, -0.15) is 0 Å². The summed E-state index contributed by atoms with van der Waals surface area (Å²) in [5.74, 6) is 1.99. The van der Waals surface area contributed by atoms with Gasteiger partial charge in [-0.25, -0.2) is 0 Å². The van der Waals surface area contributed by atoms with E-state index < -0.39 is 0 Å². The zero-order valence-corrected chi connectivity index (χ0v) is 23.6. The highest BCUT2D eigenvalue weighted by atomic mass is 31.1. The lowest BCUT2D eigenvalue weighted by molar-refractivity contribution is 0.411. The molecule has 186 valence electrons. The SMILES string of the molecule is COc1ccccc1CP(CCP(Cc1ccccc1OC)c1ccc(C)cc1)c1ccc(C)cc1. The normalized spacial score (nSPS) is 12.7. The quantitative estimate of drug-likeness (QED) is 0.192. The van der Waals surface area contributed by atoms with Crippen molar-refractivity contribution in [2.24, 2.45) is 0 Å². The summed E-state index contributed by atoms with van der Waals surface area (Å²) < 4.78 is 11.4. The molecule has 36 heavy (non-hydrogen) atoms. The molecular formula is C32H36O2P2. The Morgan fingerprint density at radius 3 is 1.22 bits per heavy atom. The molecule has 0 spiro atoms. The van der Waals surface area contributed by atoms with Gasteiger partial charge < -0.3 is 9.47 Å². The summed E-state index contributed by atoms with van der Waals surface area (Å²) in [6, 6.07) is 35.3. The van der Waals surface area contributed by atoms with Gasteiger partial charge in [0, 0.05) is 12.3 Å². The number of para-hydroxylation sites is 2. The maximum atomic E-state index is 5.71. The molecule has 0 fully saturated rings. The Hall–Kier alpha value is -2.66. The third-order valence-corrected chi connectivity index (χ3v) is 11.9. The highest BCUT2D eigenvalue weighted by Crippen LogP contribution is 2.47. The number of benzene rings is 4. The Labute approximate surface area is 219 Å². The maximum absolute atomic E-state index is 5.71. The van der Waals surface area contributed by atoms with E-state index >= 15 is 0 Å². The second-order valence-electron chi connectivity index (χ2n) is 9.14. The predicted octanol–water partition coefficient (Wildman–Crippen LogP) is 7.64. The molecule has 0 heterocycles. The lowest BCUT2D eigenvalue weighted by Gasteiger charge is -2.25. The Kier molecular flexibility index (Phi) is 9.57. The van der Waals surface area contributed by atoms with E-state index in [1.54, 1.807) is 14.2 Å². The molecule has 0 aromatic heterocycles. The number of rotatable bonds is 11. The van der Waals surface area contributed by atoms with Crippen LogP contribution in [0.25, 0.3) is 0 Å². The van der Waals surface area contributed by atoms with Gasteiger partial charge in [-0.1, -0.05) is 112 Å². The van der Waals surface area contributed by atoms with Crippen LogP contribution in [-0.2, 0) is 12.3 Å². The van der Waals surface area contributed by atoms with E-state index in [9.17, 15) is 0 Å². The molecule has 2 atom stereocenters. The highest BCUT2D eigenvalue weighted by Gasteiger charge is 2.20. The van der Waals surface area contributed by atoms with Gasteiger partial charge in [0.15, 0.2) is 0 Å².